The van der Waals surface area contributed by atoms with Gasteiger partial charge in [-0.1, -0.05) is 37.3 Å². The van der Waals surface area contributed by atoms with Crippen molar-refractivity contribution in [1.29, 1.82) is 0 Å². The Morgan fingerprint density at radius 1 is 1.24 bits per heavy atom. The average Bonchev–Trinajstić information content (AvgIpc) is 3.35. The number of hydrogen-bond donors (Lipinski definition) is 1. The first-order valence-corrected chi connectivity index (χ1v) is 8.57. The third-order valence-electron chi connectivity index (χ3n) is 5.97. The molecule has 1 saturated heterocycles. The first-order valence-electron chi connectivity index (χ1n) is 8.57. The van der Waals surface area contributed by atoms with Gasteiger partial charge in [-0.3, -0.25) is 4.90 Å². The average molecular weight is 286 g/mol. The summed E-state index contributed by atoms with van der Waals surface area (Å²) in [6.07, 6.45) is 4.02. The molecule has 1 heterocycles. The molecular formula is C19H30N2. The van der Waals surface area contributed by atoms with Gasteiger partial charge >= 0.3 is 0 Å². The van der Waals surface area contributed by atoms with Crippen molar-refractivity contribution in [3.8, 4) is 0 Å². The van der Waals surface area contributed by atoms with E-state index in [0.717, 1.165) is 19.0 Å². The maximum Gasteiger partial charge on any atom is 0.0560 e. The van der Waals surface area contributed by atoms with E-state index >= 15 is 0 Å². The van der Waals surface area contributed by atoms with E-state index in [4.69, 9.17) is 0 Å². The maximum atomic E-state index is 3.91. The molecule has 1 saturated carbocycles. The fraction of sp³-hybridized carbons (Fsp3) is 0.684. The number of hydrogen-bond acceptors (Lipinski definition) is 2. The SMILES string of the molecule is CCC(C)N1CC(C)(C2CC2)NCC1(C)c1ccccc1. The van der Waals surface area contributed by atoms with Gasteiger partial charge < -0.3 is 5.32 Å². The Kier molecular flexibility index (Phi) is 3.87. The Hall–Kier alpha value is -0.860. The van der Waals surface area contributed by atoms with Crippen molar-refractivity contribution >= 4 is 0 Å². The lowest BCUT2D eigenvalue weighted by Gasteiger charge is -2.55. The molecule has 0 amide bonds. The second-order valence-electron chi connectivity index (χ2n) is 7.57. The van der Waals surface area contributed by atoms with Crippen molar-refractivity contribution in [2.24, 2.45) is 5.92 Å². The van der Waals surface area contributed by atoms with E-state index in [1.807, 2.05) is 0 Å². The molecule has 0 bridgehead atoms. The van der Waals surface area contributed by atoms with Gasteiger partial charge in [-0.2, -0.15) is 0 Å². The Bertz CT molecular complexity index is 482. The molecule has 2 heteroatoms. The molecule has 1 aliphatic heterocycles. The molecule has 2 aliphatic rings. The summed E-state index contributed by atoms with van der Waals surface area (Å²) in [7, 11) is 0. The van der Waals surface area contributed by atoms with Crippen molar-refractivity contribution in [2.75, 3.05) is 13.1 Å². The van der Waals surface area contributed by atoms with Gasteiger partial charge in [-0.05, 0) is 51.5 Å². The van der Waals surface area contributed by atoms with E-state index in [0.29, 0.717) is 11.6 Å². The second kappa shape index (κ2) is 5.40. The molecule has 0 aromatic heterocycles. The topological polar surface area (TPSA) is 15.3 Å². The minimum Gasteiger partial charge on any atom is -0.308 e. The van der Waals surface area contributed by atoms with E-state index in [2.05, 4.69) is 68.2 Å². The van der Waals surface area contributed by atoms with Crippen molar-refractivity contribution in [3.63, 3.8) is 0 Å². The highest BCUT2D eigenvalue weighted by Crippen LogP contribution is 2.45. The van der Waals surface area contributed by atoms with Gasteiger partial charge in [0.05, 0.1) is 5.54 Å². The van der Waals surface area contributed by atoms with Crippen LogP contribution in [0.3, 0.4) is 0 Å². The second-order valence-corrected chi connectivity index (χ2v) is 7.57. The van der Waals surface area contributed by atoms with Crippen LogP contribution in [0.1, 0.15) is 52.5 Å². The lowest BCUT2D eigenvalue weighted by Crippen LogP contribution is -2.69. The van der Waals surface area contributed by atoms with Gasteiger partial charge in [0, 0.05) is 24.7 Å². The highest BCUT2D eigenvalue weighted by molar-refractivity contribution is 5.27. The third kappa shape index (κ3) is 2.64. The summed E-state index contributed by atoms with van der Waals surface area (Å²) in [5.74, 6) is 0.879. The zero-order chi connectivity index (χ0) is 15.1. The molecule has 3 unspecified atom stereocenters. The Morgan fingerprint density at radius 3 is 2.48 bits per heavy atom. The summed E-state index contributed by atoms with van der Waals surface area (Å²) >= 11 is 0. The predicted molar refractivity (Wildman–Crippen MR) is 89.4 cm³/mol. The molecule has 0 spiro atoms. The Morgan fingerprint density at radius 2 is 1.90 bits per heavy atom. The molecule has 21 heavy (non-hydrogen) atoms. The van der Waals surface area contributed by atoms with Crippen LogP contribution in [0.15, 0.2) is 30.3 Å². The van der Waals surface area contributed by atoms with Crippen LogP contribution in [0, 0.1) is 5.92 Å². The van der Waals surface area contributed by atoms with E-state index in [1.54, 1.807) is 0 Å². The number of benzene rings is 1. The fourth-order valence-corrected chi connectivity index (χ4v) is 3.98. The molecule has 3 atom stereocenters. The minimum absolute atomic E-state index is 0.102. The molecule has 1 aromatic carbocycles. The standard InChI is InChI=1S/C19H30N2/c1-5-15(2)21-14-18(3,16-11-12-16)20-13-19(21,4)17-9-7-6-8-10-17/h6-10,15-16,20H,5,11-14H2,1-4H3. The molecular weight excluding hydrogens is 256 g/mol. The molecule has 3 rings (SSSR count). The first kappa shape index (κ1) is 15.1. The normalized spacial score (nSPS) is 35.6. The van der Waals surface area contributed by atoms with Gasteiger partial charge in [0.15, 0.2) is 0 Å². The molecule has 2 fully saturated rings. The van der Waals surface area contributed by atoms with Crippen LogP contribution in [-0.4, -0.2) is 29.6 Å². The van der Waals surface area contributed by atoms with Gasteiger partial charge in [-0.15, -0.1) is 0 Å². The van der Waals surface area contributed by atoms with E-state index < -0.39 is 0 Å². The summed E-state index contributed by atoms with van der Waals surface area (Å²) < 4.78 is 0. The van der Waals surface area contributed by atoms with Crippen LogP contribution in [-0.2, 0) is 5.54 Å². The molecule has 1 aliphatic carbocycles. The van der Waals surface area contributed by atoms with E-state index in [-0.39, 0.29) is 5.54 Å². The molecule has 1 aromatic rings. The van der Waals surface area contributed by atoms with Crippen LogP contribution >= 0.6 is 0 Å². The zero-order valence-corrected chi connectivity index (χ0v) is 14.0. The maximum absolute atomic E-state index is 3.91. The highest BCUT2D eigenvalue weighted by Gasteiger charge is 2.50. The number of rotatable bonds is 4. The predicted octanol–water partition coefficient (Wildman–Crippen LogP) is 3.77. The lowest BCUT2D eigenvalue weighted by atomic mass is 9.80. The highest BCUT2D eigenvalue weighted by atomic mass is 15.3. The number of nitrogens with one attached hydrogen (secondary N) is 1. The van der Waals surface area contributed by atoms with Crippen LogP contribution in [0.2, 0.25) is 0 Å². The van der Waals surface area contributed by atoms with Crippen LogP contribution < -0.4 is 5.32 Å². The third-order valence-corrected chi connectivity index (χ3v) is 5.97. The van der Waals surface area contributed by atoms with Gasteiger partial charge in [-0.25, -0.2) is 0 Å². The van der Waals surface area contributed by atoms with E-state index in [9.17, 15) is 0 Å². The van der Waals surface area contributed by atoms with E-state index in [1.165, 1.54) is 24.8 Å². The van der Waals surface area contributed by atoms with Crippen LogP contribution in [0.25, 0.3) is 0 Å². The summed E-state index contributed by atoms with van der Waals surface area (Å²) in [6.45, 7) is 11.8. The number of piperazine rings is 1. The monoisotopic (exact) mass is 286 g/mol. The summed E-state index contributed by atoms with van der Waals surface area (Å²) in [6, 6.07) is 11.7. The fourth-order valence-electron chi connectivity index (χ4n) is 3.98. The van der Waals surface area contributed by atoms with Gasteiger partial charge in [0.1, 0.15) is 0 Å². The molecule has 116 valence electrons. The number of nitrogens with zero attached hydrogens (tertiary/aromatic N) is 1. The van der Waals surface area contributed by atoms with Crippen molar-refractivity contribution in [3.05, 3.63) is 35.9 Å². The van der Waals surface area contributed by atoms with Crippen molar-refractivity contribution in [1.82, 2.24) is 10.2 Å². The molecule has 2 nitrogen and oxygen atoms in total. The van der Waals surface area contributed by atoms with Crippen molar-refractivity contribution < 1.29 is 0 Å². The Labute approximate surface area is 129 Å². The first-order chi connectivity index (χ1) is 9.99. The van der Waals surface area contributed by atoms with Crippen LogP contribution in [0.5, 0.6) is 0 Å². The lowest BCUT2D eigenvalue weighted by molar-refractivity contribution is -0.0188. The zero-order valence-electron chi connectivity index (χ0n) is 14.0. The van der Waals surface area contributed by atoms with Gasteiger partial charge in [0.25, 0.3) is 0 Å². The smallest absolute Gasteiger partial charge is 0.0560 e. The quantitative estimate of drug-likeness (QED) is 0.906. The summed E-state index contributed by atoms with van der Waals surface area (Å²) in [5, 5.41) is 3.91. The van der Waals surface area contributed by atoms with Crippen LogP contribution in [0.4, 0.5) is 0 Å². The Balaban J connectivity index is 1.92. The van der Waals surface area contributed by atoms with Gasteiger partial charge in [0.2, 0.25) is 0 Å². The molecule has 0 radical (unpaired) electrons. The summed E-state index contributed by atoms with van der Waals surface area (Å²) in [4.78, 5) is 2.76. The molecule has 1 N–H and O–H groups in total. The summed E-state index contributed by atoms with van der Waals surface area (Å²) in [5.41, 5.74) is 1.85. The van der Waals surface area contributed by atoms with Crippen molar-refractivity contribution in [2.45, 2.75) is 64.1 Å². The largest absolute Gasteiger partial charge is 0.308 e. The minimum atomic E-state index is 0.102.